The van der Waals surface area contributed by atoms with Gasteiger partial charge in [0.2, 0.25) is 0 Å². The molecule has 2 rings (SSSR count). The predicted molar refractivity (Wildman–Crippen MR) is 68.7 cm³/mol. The Bertz CT molecular complexity index is 557. The minimum Gasteiger partial charge on any atom is -0.431 e. The summed E-state index contributed by atoms with van der Waals surface area (Å²) in [6.07, 6.45) is -1.81. The summed E-state index contributed by atoms with van der Waals surface area (Å²) in [6.45, 7) is 3.46. The van der Waals surface area contributed by atoms with E-state index in [0.717, 1.165) is 12.1 Å². The zero-order chi connectivity index (χ0) is 14.9. The minimum atomic E-state index is -4.33. The van der Waals surface area contributed by atoms with E-state index in [4.69, 9.17) is 4.74 Å². The number of halogens is 3. The maximum Gasteiger partial charge on any atom is 0.416 e. The number of alkyl halides is 3. The quantitative estimate of drug-likeness (QED) is 0.761. The van der Waals surface area contributed by atoms with Crippen LogP contribution in [0.15, 0.2) is 24.0 Å². The van der Waals surface area contributed by atoms with Gasteiger partial charge in [-0.05, 0) is 35.8 Å². The molecule has 0 aromatic heterocycles. The average molecular weight is 284 g/mol. The topological polar surface area (TPSA) is 26.3 Å². The fraction of sp³-hybridized carbons (Fsp3) is 0.400. The van der Waals surface area contributed by atoms with Gasteiger partial charge in [0.05, 0.1) is 11.5 Å². The van der Waals surface area contributed by atoms with Gasteiger partial charge < -0.3 is 4.74 Å². The van der Waals surface area contributed by atoms with Gasteiger partial charge in [0.1, 0.15) is 5.76 Å². The highest BCUT2D eigenvalue weighted by molar-refractivity contribution is 5.74. The molecule has 1 aromatic carbocycles. The van der Waals surface area contributed by atoms with Crippen LogP contribution in [0.1, 0.15) is 37.0 Å². The van der Waals surface area contributed by atoms with Crippen LogP contribution in [0.4, 0.5) is 13.2 Å². The van der Waals surface area contributed by atoms with Crippen molar-refractivity contribution in [3.8, 4) is 0 Å². The summed E-state index contributed by atoms with van der Waals surface area (Å²) in [7, 11) is 0. The lowest BCUT2D eigenvalue weighted by atomic mass is 9.94. The normalized spacial score (nSPS) is 14.8. The Morgan fingerprint density at radius 3 is 2.55 bits per heavy atom. The number of carbonyl (C=O) groups excluding carboxylic acids is 1. The van der Waals surface area contributed by atoms with Crippen LogP contribution >= 0.6 is 0 Å². The van der Waals surface area contributed by atoms with Gasteiger partial charge in [0.15, 0.2) is 0 Å². The standard InChI is InChI=1S/C15H15F3O2/c1-9(2)14(19)20-13-6-4-10-7-12(15(16,17)18)5-3-11(10)8-13/h3,5,7-9H,4,6H2,1-2H3. The fourth-order valence-corrected chi connectivity index (χ4v) is 1.97. The highest BCUT2D eigenvalue weighted by Crippen LogP contribution is 2.33. The first kappa shape index (κ1) is 14.6. The van der Waals surface area contributed by atoms with E-state index in [2.05, 4.69) is 0 Å². The summed E-state index contributed by atoms with van der Waals surface area (Å²) in [4.78, 5) is 11.5. The molecule has 0 bridgehead atoms. The van der Waals surface area contributed by atoms with E-state index in [1.807, 2.05) is 0 Å². The first-order valence-corrected chi connectivity index (χ1v) is 6.40. The van der Waals surface area contributed by atoms with Crippen molar-refractivity contribution in [3.63, 3.8) is 0 Å². The maximum absolute atomic E-state index is 12.6. The molecule has 108 valence electrons. The van der Waals surface area contributed by atoms with E-state index in [-0.39, 0.29) is 11.9 Å². The fourth-order valence-electron chi connectivity index (χ4n) is 1.97. The van der Waals surface area contributed by atoms with E-state index in [1.165, 1.54) is 6.07 Å². The van der Waals surface area contributed by atoms with Crippen LogP contribution in [0.3, 0.4) is 0 Å². The lowest BCUT2D eigenvalue weighted by Gasteiger charge is -2.18. The predicted octanol–water partition coefficient (Wildman–Crippen LogP) is 4.19. The Balaban J connectivity index is 2.23. The molecule has 0 radical (unpaired) electrons. The number of allylic oxidation sites excluding steroid dienone is 1. The van der Waals surface area contributed by atoms with Gasteiger partial charge >= 0.3 is 12.1 Å². The molecule has 0 amide bonds. The summed E-state index contributed by atoms with van der Waals surface area (Å²) in [5.41, 5.74) is 0.659. The number of ether oxygens (including phenoxy) is 1. The number of hydrogen-bond acceptors (Lipinski definition) is 2. The molecule has 20 heavy (non-hydrogen) atoms. The van der Waals surface area contributed by atoms with Crippen molar-refractivity contribution < 1.29 is 22.7 Å². The van der Waals surface area contributed by atoms with Crippen LogP contribution in [0, 0.1) is 5.92 Å². The molecule has 0 unspecified atom stereocenters. The van der Waals surface area contributed by atoms with E-state index in [1.54, 1.807) is 19.9 Å². The molecule has 1 aromatic rings. The second-order valence-corrected chi connectivity index (χ2v) is 5.10. The van der Waals surface area contributed by atoms with Crippen LogP contribution in [0.2, 0.25) is 0 Å². The maximum atomic E-state index is 12.6. The van der Waals surface area contributed by atoms with Gasteiger partial charge in [-0.15, -0.1) is 0 Å². The van der Waals surface area contributed by atoms with Crippen LogP contribution in [-0.2, 0) is 22.1 Å². The molecule has 1 aliphatic carbocycles. The summed E-state index contributed by atoms with van der Waals surface area (Å²) in [6, 6.07) is 3.62. The van der Waals surface area contributed by atoms with Crippen molar-refractivity contribution in [3.05, 3.63) is 40.6 Å². The van der Waals surface area contributed by atoms with Crippen molar-refractivity contribution in [2.75, 3.05) is 0 Å². The third-order valence-corrected chi connectivity index (χ3v) is 3.13. The molecule has 1 aliphatic rings. The molecule has 0 atom stereocenters. The van der Waals surface area contributed by atoms with Gasteiger partial charge in [-0.1, -0.05) is 19.9 Å². The van der Waals surface area contributed by atoms with Crippen LogP contribution in [0.25, 0.3) is 6.08 Å². The molecular formula is C15H15F3O2. The number of esters is 1. The van der Waals surface area contributed by atoms with Crippen molar-refractivity contribution in [1.29, 1.82) is 0 Å². The molecule has 2 nitrogen and oxygen atoms in total. The second-order valence-electron chi connectivity index (χ2n) is 5.10. The molecule has 0 saturated carbocycles. The number of fused-ring (bicyclic) bond motifs is 1. The number of hydrogen-bond donors (Lipinski definition) is 0. The van der Waals surface area contributed by atoms with Crippen molar-refractivity contribution in [1.82, 2.24) is 0 Å². The molecule has 0 heterocycles. The second kappa shape index (κ2) is 5.31. The third kappa shape index (κ3) is 3.21. The largest absolute Gasteiger partial charge is 0.431 e. The first-order valence-electron chi connectivity index (χ1n) is 6.40. The lowest BCUT2D eigenvalue weighted by Crippen LogP contribution is -2.14. The van der Waals surface area contributed by atoms with E-state index in [0.29, 0.717) is 29.7 Å². The zero-order valence-electron chi connectivity index (χ0n) is 11.3. The number of carbonyl (C=O) groups is 1. The highest BCUT2D eigenvalue weighted by Gasteiger charge is 2.31. The summed E-state index contributed by atoms with van der Waals surface area (Å²) >= 11 is 0. The minimum absolute atomic E-state index is 0.232. The number of rotatable bonds is 2. The van der Waals surface area contributed by atoms with Crippen LogP contribution in [-0.4, -0.2) is 5.97 Å². The molecule has 0 fully saturated rings. The average Bonchev–Trinajstić information content (AvgIpc) is 2.36. The van der Waals surface area contributed by atoms with Crippen LogP contribution < -0.4 is 0 Å². The third-order valence-electron chi connectivity index (χ3n) is 3.13. The molecule has 0 aliphatic heterocycles. The van der Waals surface area contributed by atoms with Gasteiger partial charge in [0, 0.05) is 6.42 Å². The molecular weight excluding hydrogens is 269 g/mol. The van der Waals surface area contributed by atoms with E-state index < -0.39 is 11.7 Å². The van der Waals surface area contributed by atoms with Crippen LogP contribution in [0.5, 0.6) is 0 Å². The number of aryl methyl sites for hydroxylation is 1. The smallest absolute Gasteiger partial charge is 0.416 e. The SMILES string of the molecule is CC(C)C(=O)OC1=Cc2ccc(C(F)(F)F)cc2CC1. The first-order chi connectivity index (χ1) is 9.27. The molecule has 0 N–H and O–H groups in total. The molecule has 5 heteroatoms. The van der Waals surface area contributed by atoms with Crippen molar-refractivity contribution in [2.45, 2.75) is 32.9 Å². The zero-order valence-corrected chi connectivity index (χ0v) is 11.3. The van der Waals surface area contributed by atoms with Crippen molar-refractivity contribution in [2.24, 2.45) is 5.92 Å². The molecule has 0 saturated heterocycles. The summed E-state index contributed by atoms with van der Waals surface area (Å²) in [5.74, 6) is -0.0486. The Morgan fingerprint density at radius 2 is 1.95 bits per heavy atom. The Kier molecular flexibility index (Phi) is 3.88. The summed E-state index contributed by atoms with van der Waals surface area (Å²) in [5, 5.41) is 0. The van der Waals surface area contributed by atoms with Crippen molar-refractivity contribution >= 4 is 12.0 Å². The van der Waals surface area contributed by atoms with Gasteiger partial charge in [-0.25, -0.2) is 0 Å². The van der Waals surface area contributed by atoms with E-state index in [9.17, 15) is 18.0 Å². The van der Waals surface area contributed by atoms with Gasteiger partial charge in [-0.2, -0.15) is 13.2 Å². The Hall–Kier alpha value is -1.78. The van der Waals surface area contributed by atoms with Gasteiger partial charge in [-0.3, -0.25) is 4.79 Å². The summed E-state index contributed by atoms with van der Waals surface area (Å²) < 4.78 is 43.0. The van der Waals surface area contributed by atoms with E-state index >= 15 is 0 Å². The van der Waals surface area contributed by atoms with Gasteiger partial charge in [0.25, 0.3) is 0 Å². The Labute approximate surface area is 115 Å². The lowest BCUT2D eigenvalue weighted by molar-refractivity contribution is -0.143. The molecule has 0 spiro atoms. The monoisotopic (exact) mass is 284 g/mol. The Morgan fingerprint density at radius 1 is 1.25 bits per heavy atom. The highest BCUT2D eigenvalue weighted by atomic mass is 19.4. The number of benzene rings is 1.